The molecule has 0 unspecified atom stereocenters. The van der Waals surface area contributed by atoms with Crippen LogP contribution in [0.5, 0.6) is 0 Å². The maximum absolute atomic E-state index is 9.16. The van der Waals surface area contributed by atoms with Crippen LogP contribution in [0.15, 0.2) is 12.2 Å². The van der Waals surface area contributed by atoms with Crippen LogP contribution in [0.1, 0.15) is 0 Å². The molecule has 1 fully saturated rings. The Hall–Kier alpha value is 0.140. The summed E-state index contributed by atoms with van der Waals surface area (Å²) < 4.78 is 5.17. The van der Waals surface area contributed by atoms with E-state index in [9.17, 15) is 0 Å². The van der Waals surface area contributed by atoms with Crippen LogP contribution in [0, 0.1) is 0 Å². The normalized spacial score (nSPS) is 54.9. The van der Waals surface area contributed by atoms with Crippen molar-refractivity contribution in [2.45, 2.75) is 23.1 Å². The lowest BCUT2D eigenvalue weighted by molar-refractivity contribution is 0.206. The van der Waals surface area contributed by atoms with Crippen molar-refractivity contribution < 1.29 is 9.84 Å². The number of hydrogen-bond donors (Lipinski definition) is 1. The third-order valence-electron chi connectivity index (χ3n) is 1.70. The van der Waals surface area contributed by atoms with Crippen LogP contribution >= 0.6 is 15.9 Å². The Morgan fingerprint density at radius 2 is 2.22 bits per heavy atom. The second-order valence-electron chi connectivity index (χ2n) is 2.39. The molecule has 9 heavy (non-hydrogen) atoms. The number of ether oxygens (including phenoxy) is 1. The second-order valence-corrected chi connectivity index (χ2v) is 3.44. The minimum Gasteiger partial charge on any atom is -0.388 e. The minimum atomic E-state index is -0.367. The summed E-state index contributed by atoms with van der Waals surface area (Å²) in [5, 5.41) is 9.16. The van der Waals surface area contributed by atoms with Crippen molar-refractivity contribution in [1.82, 2.24) is 0 Å². The summed E-state index contributed by atoms with van der Waals surface area (Å²) in [5.74, 6) is 0. The minimum absolute atomic E-state index is 0.104. The van der Waals surface area contributed by atoms with E-state index in [2.05, 4.69) is 15.9 Å². The van der Waals surface area contributed by atoms with Crippen molar-refractivity contribution in [3.05, 3.63) is 12.2 Å². The first-order chi connectivity index (χ1) is 4.29. The van der Waals surface area contributed by atoms with Crippen LogP contribution in [0.4, 0.5) is 0 Å². The van der Waals surface area contributed by atoms with Gasteiger partial charge in [0.1, 0.15) is 12.2 Å². The van der Waals surface area contributed by atoms with Gasteiger partial charge >= 0.3 is 0 Å². The molecule has 2 nitrogen and oxygen atoms in total. The van der Waals surface area contributed by atoms with E-state index in [1.807, 2.05) is 6.08 Å². The molecule has 0 amide bonds. The molecule has 0 aromatic rings. The predicted molar refractivity (Wildman–Crippen MR) is 36.5 cm³/mol. The quantitative estimate of drug-likeness (QED) is 0.342. The molecule has 0 spiro atoms. The molecule has 3 heteroatoms. The van der Waals surface area contributed by atoms with Crippen LogP contribution < -0.4 is 0 Å². The maximum Gasteiger partial charge on any atom is 0.104 e. The lowest BCUT2D eigenvalue weighted by Crippen LogP contribution is -2.27. The zero-order valence-corrected chi connectivity index (χ0v) is 6.28. The third-order valence-corrected chi connectivity index (χ3v) is 2.76. The Bertz CT molecular complexity index is 157. The van der Waals surface area contributed by atoms with E-state index in [4.69, 9.17) is 9.84 Å². The van der Waals surface area contributed by atoms with Crippen molar-refractivity contribution in [3.63, 3.8) is 0 Å². The molecule has 50 valence electrons. The van der Waals surface area contributed by atoms with Crippen molar-refractivity contribution in [2.75, 3.05) is 0 Å². The summed E-state index contributed by atoms with van der Waals surface area (Å²) >= 11 is 3.33. The lowest BCUT2D eigenvalue weighted by atomic mass is 10.1. The summed E-state index contributed by atoms with van der Waals surface area (Å²) in [7, 11) is 0. The lowest BCUT2D eigenvalue weighted by Gasteiger charge is -2.12. The molecule has 0 radical (unpaired) electrons. The van der Waals surface area contributed by atoms with E-state index in [0.717, 1.165) is 0 Å². The van der Waals surface area contributed by atoms with Gasteiger partial charge in [0.15, 0.2) is 0 Å². The zero-order valence-electron chi connectivity index (χ0n) is 4.70. The SMILES string of the molecule is O[C@H]1C=C[C@@H]2O[C@@H]2[C@@H]1Br. The van der Waals surface area contributed by atoms with Gasteiger partial charge in [0.05, 0.1) is 10.9 Å². The molecule has 1 heterocycles. The fourth-order valence-electron chi connectivity index (χ4n) is 1.07. The van der Waals surface area contributed by atoms with Gasteiger partial charge < -0.3 is 9.84 Å². The number of epoxide rings is 1. The van der Waals surface area contributed by atoms with Crippen molar-refractivity contribution >= 4 is 15.9 Å². The number of halogens is 1. The Balaban J connectivity index is 2.16. The van der Waals surface area contributed by atoms with Crippen LogP contribution in [-0.4, -0.2) is 28.2 Å². The molecule has 4 atom stereocenters. The van der Waals surface area contributed by atoms with Gasteiger partial charge in [-0.3, -0.25) is 0 Å². The molecular formula is C6H7BrO2. The summed E-state index contributed by atoms with van der Waals surface area (Å²) in [4.78, 5) is 0.104. The second kappa shape index (κ2) is 1.81. The summed E-state index contributed by atoms with van der Waals surface area (Å²) in [6.07, 6.45) is 3.82. The van der Waals surface area contributed by atoms with Gasteiger partial charge in [0, 0.05) is 0 Å². The molecule has 2 rings (SSSR count). The van der Waals surface area contributed by atoms with E-state index >= 15 is 0 Å². The molecule has 0 aromatic carbocycles. The Kier molecular flexibility index (Phi) is 1.18. The zero-order chi connectivity index (χ0) is 6.43. The highest BCUT2D eigenvalue weighted by Gasteiger charge is 2.47. The summed E-state index contributed by atoms with van der Waals surface area (Å²) in [6, 6.07) is 0. The molecule has 0 bridgehead atoms. The highest BCUT2D eigenvalue weighted by atomic mass is 79.9. The first-order valence-electron chi connectivity index (χ1n) is 2.95. The fraction of sp³-hybridized carbons (Fsp3) is 0.667. The van der Waals surface area contributed by atoms with Gasteiger partial charge in [-0.05, 0) is 0 Å². The van der Waals surface area contributed by atoms with E-state index < -0.39 is 0 Å². The Labute approximate surface area is 61.6 Å². The van der Waals surface area contributed by atoms with Crippen LogP contribution in [-0.2, 0) is 4.74 Å². The summed E-state index contributed by atoms with van der Waals surface area (Å²) in [6.45, 7) is 0. The average molecular weight is 191 g/mol. The van der Waals surface area contributed by atoms with E-state index in [1.54, 1.807) is 6.08 Å². The van der Waals surface area contributed by atoms with E-state index in [1.165, 1.54) is 0 Å². The summed E-state index contributed by atoms with van der Waals surface area (Å²) in [5.41, 5.74) is 0. The van der Waals surface area contributed by atoms with Gasteiger partial charge in [-0.15, -0.1) is 0 Å². The standard InChI is InChI=1S/C6H7BrO2/c7-5-3(8)1-2-4-6(5)9-4/h1-6,8H/t3-,4-,5+,6-/m0/s1. The molecule has 1 saturated heterocycles. The highest BCUT2D eigenvalue weighted by Crippen LogP contribution is 2.36. The number of aliphatic hydroxyl groups excluding tert-OH is 1. The van der Waals surface area contributed by atoms with E-state index in [0.29, 0.717) is 0 Å². The molecule has 0 aromatic heterocycles. The maximum atomic E-state index is 9.16. The topological polar surface area (TPSA) is 32.8 Å². The van der Waals surface area contributed by atoms with Crippen LogP contribution in [0.2, 0.25) is 0 Å². The molecule has 1 aliphatic carbocycles. The number of aliphatic hydroxyl groups is 1. The van der Waals surface area contributed by atoms with Gasteiger partial charge in [0.2, 0.25) is 0 Å². The number of alkyl halides is 1. The van der Waals surface area contributed by atoms with Crippen molar-refractivity contribution in [2.24, 2.45) is 0 Å². The van der Waals surface area contributed by atoms with Gasteiger partial charge in [-0.25, -0.2) is 0 Å². The molecule has 1 N–H and O–H groups in total. The number of fused-ring (bicyclic) bond motifs is 1. The van der Waals surface area contributed by atoms with Crippen LogP contribution in [0.3, 0.4) is 0 Å². The van der Waals surface area contributed by atoms with Crippen molar-refractivity contribution in [1.29, 1.82) is 0 Å². The monoisotopic (exact) mass is 190 g/mol. The first kappa shape index (κ1) is 5.89. The third kappa shape index (κ3) is 0.838. The van der Waals surface area contributed by atoms with Gasteiger partial charge in [-0.1, -0.05) is 28.1 Å². The van der Waals surface area contributed by atoms with Crippen molar-refractivity contribution in [3.8, 4) is 0 Å². The molecule has 1 aliphatic heterocycles. The predicted octanol–water partition coefficient (Wildman–Crippen LogP) is 0.448. The molecule has 0 saturated carbocycles. The number of rotatable bonds is 0. The Morgan fingerprint density at radius 1 is 1.44 bits per heavy atom. The average Bonchev–Trinajstić information content (AvgIpc) is 2.58. The van der Waals surface area contributed by atoms with Crippen LogP contribution in [0.25, 0.3) is 0 Å². The number of hydrogen-bond acceptors (Lipinski definition) is 2. The first-order valence-corrected chi connectivity index (χ1v) is 3.86. The molecule has 2 aliphatic rings. The van der Waals surface area contributed by atoms with Gasteiger partial charge in [-0.2, -0.15) is 0 Å². The highest BCUT2D eigenvalue weighted by molar-refractivity contribution is 9.09. The van der Waals surface area contributed by atoms with E-state index in [-0.39, 0.29) is 23.1 Å². The van der Waals surface area contributed by atoms with Gasteiger partial charge in [0.25, 0.3) is 0 Å². The molecular weight excluding hydrogens is 184 g/mol. The largest absolute Gasteiger partial charge is 0.388 e. The fourth-order valence-corrected chi connectivity index (χ4v) is 1.67. The smallest absolute Gasteiger partial charge is 0.104 e. The Morgan fingerprint density at radius 3 is 2.89 bits per heavy atom.